The molecular formula is C11H18O4S2-2. The van der Waals surface area contributed by atoms with Gasteiger partial charge >= 0.3 is 0 Å². The zero-order valence-corrected chi connectivity index (χ0v) is 12.0. The molecule has 0 radical (unpaired) electrons. The molecule has 0 aromatic rings. The van der Waals surface area contributed by atoms with Crippen molar-refractivity contribution in [2.45, 2.75) is 31.8 Å². The fraction of sp³-hybridized carbons (Fsp3) is 0.455. The summed E-state index contributed by atoms with van der Waals surface area (Å²) >= 11 is 7.92. The van der Waals surface area contributed by atoms with Gasteiger partial charge < -0.3 is 19.8 Å². The van der Waals surface area contributed by atoms with Gasteiger partial charge in [-0.15, -0.1) is 0 Å². The van der Waals surface area contributed by atoms with E-state index in [0.29, 0.717) is 0 Å². The van der Waals surface area contributed by atoms with Gasteiger partial charge in [0, 0.05) is 4.58 Å². The number of hydrogen-bond acceptors (Lipinski definition) is 6. The van der Waals surface area contributed by atoms with Gasteiger partial charge in [0.05, 0.1) is 11.9 Å². The van der Waals surface area contributed by atoms with E-state index in [9.17, 15) is 19.8 Å². The summed E-state index contributed by atoms with van der Waals surface area (Å²) < 4.78 is 0.273. The van der Waals surface area contributed by atoms with Crippen LogP contribution in [0, 0.1) is 0 Å². The lowest BCUT2D eigenvalue weighted by Crippen LogP contribution is -2.22. The van der Waals surface area contributed by atoms with Gasteiger partial charge in [-0.2, -0.15) is 25.3 Å². The largest absolute Gasteiger partial charge is 0.545 e. The van der Waals surface area contributed by atoms with Crippen molar-refractivity contribution in [2.24, 2.45) is 0 Å². The van der Waals surface area contributed by atoms with Crippen molar-refractivity contribution in [3.8, 4) is 0 Å². The summed E-state index contributed by atoms with van der Waals surface area (Å²) in [5.74, 6) is -2.37. The molecule has 0 fully saturated rings. The minimum Gasteiger partial charge on any atom is -0.545 e. The Balaban J connectivity index is -0.000000174. The topological polar surface area (TPSA) is 80.3 Å². The molecule has 0 unspecified atom stereocenters. The Bertz CT molecular complexity index is 225. The first kappa shape index (κ1) is 21.4. The molecule has 0 aromatic heterocycles. The number of carboxylic acid groups (broad SMARTS) is 2. The van der Waals surface area contributed by atoms with E-state index < -0.39 is 11.9 Å². The third-order valence-corrected chi connectivity index (χ3v) is 1.79. The number of aliphatic carboxylic acids is 2. The molecule has 0 saturated carbocycles. The van der Waals surface area contributed by atoms with Crippen molar-refractivity contribution in [3.05, 3.63) is 24.3 Å². The molecule has 6 heteroatoms. The molecule has 100 valence electrons. The molecule has 0 spiro atoms. The maximum absolute atomic E-state index is 9.49. The van der Waals surface area contributed by atoms with Crippen LogP contribution in [0.2, 0.25) is 0 Å². The monoisotopic (exact) mass is 278 g/mol. The number of carbonyl (C=O) groups is 2. The molecular weight excluding hydrogens is 260 g/mol. The van der Waals surface area contributed by atoms with Crippen molar-refractivity contribution < 1.29 is 19.8 Å². The van der Waals surface area contributed by atoms with E-state index in [1.807, 2.05) is 6.92 Å². The fourth-order valence-corrected chi connectivity index (χ4v) is 0. The Morgan fingerprint density at radius 3 is 1.18 bits per heavy atom. The van der Waals surface area contributed by atoms with Gasteiger partial charge in [0.2, 0.25) is 0 Å². The molecule has 4 nitrogen and oxygen atoms in total. The van der Waals surface area contributed by atoms with E-state index in [0.717, 1.165) is 6.42 Å². The van der Waals surface area contributed by atoms with Crippen LogP contribution in [0.4, 0.5) is 0 Å². The quantitative estimate of drug-likeness (QED) is 0.439. The predicted octanol–water partition coefficient (Wildman–Crippen LogP) is 0.207. The van der Waals surface area contributed by atoms with Crippen LogP contribution in [0.25, 0.3) is 0 Å². The molecule has 17 heavy (non-hydrogen) atoms. The Kier molecular flexibility index (Phi) is 16.6. The Hall–Kier alpha value is -0.880. The number of thiol groups is 2. The maximum Gasteiger partial charge on any atom is 0.0666 e. The van der Waals surface area contributed by atoms with Gasteiger partial charge in [0.15, 0.2) is 0 Å². The first-order valence-electron chi connectivity index (χ1n) is 4.66. The van der Waals surface area contributed by atoms with Crippen molar-refractivity contribution in [2.75, 3.05) is 0 Å². The second kappa shape index (κ2) is 13.2. The highest BCUT2D eigenvalue weighted by Crippen LogP contribution is 2.01. The summed E-state index contributed by atoms with van der Waals surface area (Å²) in [6, 6.07) is 0. The zero-order valence-electron chi connectivity index (χ0n) is 10.2. The average molecular weight is 278 g/mol. The lowest BCUT2D eigenvalue weighted by atomic mass is 10.4. The molecule has 0 aromatic carbocycles. The third kappa shape index (κ3) is 31.3. The Morgan fingerprint density at radius 2 is 1.18 bits per heavy atom. The van der Waals surface area contributed by atoms with Crippen molar-refractivity contribution in [3.63, 3.8) is 0 Å². The van der Waals surface area contributed by atoms with Crippen molar-refractivity contribution in [1.29, 1.82) is 0 Å². The van der Waals surface area contributed by atoms with E-state index in [4.69, 9.17) is 0 Å². The summed E-state index contributed by atoms with van der Waals surface area (Å²) in [7, 11) is 0. The maximum atomic E-state index is 9.49. The van der Waals surface area contributed by atoms with Crippen LogP contribution in [0.15, 0.2) is 24.3 Å². The van der Waals surface area contributed by atoms with E-state index >= 15 is 0 Å². The molecule has 0 atom stereocenters. The summed E-state index contributed by atoms with van der Waals surface area (Å²) in [5.41, 5.74) is 0.130. The molecule has 0 bridgehead atoms. The van der Waals surface area contributed by atoms with Gasteiger partial charge in [-0.1, -0.05) is 20.1 Å². The first-order chi connectivity index (χ1) is 7.56. The van der Waals surface area contributed by atoms with Crippen LogP contribution in [-0.4, -0.2) is 16.5 Å². The molecule has 0 aliphatic heterocycles. The third-order valence-electron chi connectivity index (χ3n) is 1.06. The average Bonchev–Trinajstić information content (AvgIpc) is 2.19. The first-order valence-corrected chi connectivity index (χ1v) is 5.69. The van der Waals surface area contributed by atoms with Crippen molar-refractivity contribution >= 4 is 37.2 Å². The van der Waals surface area contributed by atoms with Gasteiger partial charge in [-0.3, -0.25) is 0 Å². The molecule has 0 aliphatic carbocycles. The number of hydrogen-bond donors (Lipinski definition) is 2. The number of rotatable bonds is 3. The van der Waals surface area contributed by atoms with Crippen LogP contribution in [-0.2, 0) is 9.59 Å². The second-order valence-corrected chi connectivity index (χ2v) is 4.68. The smallest absolute Gasteiger partial charge is 0.0666 e. The van der Waals surface area contributed by atoms with E-state index in [2.05, 4.69) is 38.4 Å². The van der Waals surface area contributed by atoms with Gasteiger partial charge in [0.25, 0.3) is 0 Å². The summed E-state index contributed by atoms with van der Waals surface area (Å²) in [5, 5.41) is 19.0. The minimum atomic E-state index is -1.19. The highest BCUT2D eigenvalue weighted by molar-refractivity contribution is 7.99. The van der Waals surface area contributed by atoms with Crippen LogP contribution >= 0.6 is 25.3 Å². The van der Waals surface area contributed by atoms with Gasteiger partial charge in [-0.05, 0) is 31.4 Å². The lowest BCUT2D eigenvalue weighted by Gasteiger charge is -1.93. The number of carboxylic acids is 2. The molecule has 0 heterocycles. The van der Waals surface area contributed by atoms with Gasteiger partial charge in [0.1, 0.15) is 0 Å². The van der Waals surface area contributed by atoms with Crippen LogP contribution in [0.5, 0.6) is 0 Å². The van der Waals surface area contributed by atoms with Crippen LogP contribution < -0.4 is 10.2 Å². The highest BCUT2D eigenvalue weighted by Gasteiger charge is 1.82. The summed E-state index contributed by atoms with van der Waals surface area (Å²) in [6.07, 6.45) is 1.03. The summed E-state index contributed by atoms with van der Waals surface area (Å²) in [4.78, 5) is 19.0. The lowest BCUT2D eigenvalue weighted by molar-refractivity contribution is -0.300. The number of carbonyl (C=O) groups excluding carboxylic acids is 2. The Morgan fingerprint density at radius 1 is 1.06 bits per heavy atom. The highest BCUT2D eigenvalue weighted by atomic mass is 32.2. The summed E-state index contributed by atoms with van der Waals surface area (Å²) in [6.45, 7) is 11.0. The predicted molar refractivity (Wildman–Crippen MR) is 71.7 cm³/mol. The minimum absolute atomic E-state index is 0.0648. The van der Waals surface area contributed by atoms with E-state index in [1.165, 1.54) is 13.8 Å². The standard InChI is InChI=1S/2C4H6O2.C3H8S2/c2*1-3(2)4(5)6;1-2-3(4)5/h2*1H2,2H3,(H,5,6);3-5H,2H2,1H3/p-2. The van der Waals surface area contributed by atoms with Gasteiger partial charge in [-0.25, -0.2) is 0 Å². The Labute approximate surface area is 113 Å². The molecule has 0 N–H and O–H groups in total. The van der Waals surface area contributed by atoms with E-state index in [1.54, 1.807) is 0 Å². The molecule has 0 saturated heterocycles. The van der Waals surface area contributed by atoms with Crippen molar-refractivity contribution in [1.82, 2.24) is 0 Å². The second-order valence-electron chi connectivity index (χ2n) is 3.02. The SMILES string of the molecule is C=C(C)C(=O)[O-].C=C(C)C(=O)[O-].CCC(S)S. The normalized spacial score (nSPS) is 8.12. The zero-order chi connectivity index (χ0) is 14.6. The van der Waals surface area contributed by atoms with E-state index in [-0.39, 0.29) is 15.7 Å². The molecule has 0 rings (SSSR count). The molecule has 0 aliphatic rings. The van der Waals surface area contributed by atoms with Crippen LogP contribution in [0.3, 0.4) is 0 Å². The molecule has 0 amide bonds. The van der Waals surface area contributed by atoms with Crippen LogP contribution in [0.1, 0.15) is 27.2 Å². The fourth-order valence-electron chi connectivity index (χ4n) is 0.